The zero-order valence-corrected chi connectivity index (χ0v) is 27.8. The Morgan fingerprint density at radius 3 is 1.59 bits per heavy atom. The fourth-order valence-corrected chi connectivity index (χ4v) is 10.4. The lowest BCUT2D eigenvalue weighted by molar-refractivity contribution is -0.00307. The molecule has 0 radical (unpaired) electrons. The zero-order valence-electron chi connectivity index (χ0n) is 26.8. The summed E-state index contributed by atoms with van der Waals surface area (Å²) in [6.45, 7) is 9.93. The summed E-state index contributed by atoms with van der Waals surface area (Å²) in [4.78, 5) is 0. The van der Waals surface area contributed by atoms with Crippen molar-refractivity contribution in [3.05, 3.63) is 72.8 Å². The van der Waals surface area contributed by atoms with E-state index in [0.717, 1.165) is 6.42 Å². The summed E-state index contributed by atoms with van der Waals surface area (Å²) < 4.78 is 13.0. The number of aliphatic hydroxyl groups is 1. The number of rotatable bonds is 23. The molecule has 0 aliphatic rings. The Kier molecular flexibility index (Phi) is 18.2. The molecule has 0 aliphatic heterocycles. The van der Waals surface area contributed by atoms with Crippen LogP contribution >= 0.6 is 0 Å². The molecule has 0 heterocycles. The highest BCUT2D eigenvalue weighted by molar-refractivity contribution is 6.99. The van der Waals surface area contributed by atoms with Gasteiger partial charge in [0, 0.05) is 0 Å². The topological polar surface area (TPSA) is 38.7 Å². The summed E-state index contributed by atoms with van der Waals surface area (Å²) in [6, 6.07) is 21.3. The number of ether oxygens (including phenoxy) is 1. The van der Waals surface area contributed by atoms with Crippen molar-refractivity contribution in [1.82, 2.24) is 0 Å². The van der Waals surface area contributed by atoms with Gasteiger partial charge in [-0.25, -0.2) is 0 Å². The van der Waals surface area contributed by atoms with E-state index < -0.39 is 8.32 Å². The molecule has 0 fully saturated rings. The molecule has 4 heteroatoms. The Labute approximate surface area is 253 Å². The molecular formula is C37H60O3Si. The van der Waals surface area contributed by atoms with E-state index in [1.54, 1.807) is 0 Å². The minimum Gasteiger partial charge on any atom is -0.405 e. The van der Waals surface area contributed by atoms with E-state index in [1.165, 1.54) is 93.8 Å². The monoisotopic (exact) mass is 580 g/mol. The summed E-state index contributed by atoms with van der Waals surface area (Å²) >= 11 is 0. The smallest absolute Gasteiger partial charge is 0.261 e. The highest BCUT2D eigenvalue weighted by atomic mass is 28.4. The van der Waals surface area contributed by atoms with Crippen molar-refractivity contribution in [2.24, 2.45) is 0 Å². The van der Waals surface area contributed by atoms with Crippen molar-refractivity contribution in [2.45, 2.75) is 129 Å². The molecule has 41 heavy (non-hydrogen) atoms. The second kappa shape index (κ2) is 21.0. The molecule has 2 aromatic carbocycles. The molecule has 0 amide bonds. The van der Waals surface area contributed by atoms with Crippen LogP contribution in [0, 0.1) is 0 Å². The van der Waals surface area contributed by atoms with Crippen LogP contribution in [0.3, 0.4) is 0 Å². The maximum Gasteiger partial charge on any atom is 0.261 e. The number of allylic oxidation sites excluding steroid dienone is 1. The maximum absolute atomic E-state index is 10.1. The van der Waals surface area contributed by atoms with Crippen LogP contribution in [0.25, 0.3) is 0 Å². The molecule has 3 nitrogen and oxygen atoms in total. The first-order chi connectivity index (χ1) is 20.0. The summed E-state index contributed by atoms with van der Waals surface area (Å²) in [7, 11) is -2.63. The highest BCUT2D eigenvalue weighted by Gasteiger charge is 2.50. The van der Waals surface area contributed by atoms with E-state index in [9.17, 15) is 5.11 Å². The van der Waals surface area contributed by atoms with Crippen LogP contribution < -0.4 is 10.4 Å². The van der Waals surface area contributed by atoms with Crippen molar-refractivity contribution < 1.29 is 14.3 Å². The van der Waals surface area contributed by atoms with Crippen molar-refractivity contribution in [2.75, 3.05) is 19.8 Å². The lowest BCUT2D eigenvalue weighted by Crippen LogP contribution is -2.67. The van der Waals surface area contributed by atoms with Gasteiger partial charge in [0.1, 0.15) is 6.10 Å². The van der Waals surface area contributed by atoms with Gasteiger partial charge in [-0.1, -0.05) is 178 Å². The largest absolute Gasteiger partial charge is 0.405 e. The minimum atomic E-state index is -2.63. The van der Waals surface area contributed by atoms with E-state index in [-0.39, 0.29) is 17.7 Å². The molecule has 0 aromatic heterocycles. The van der Waals surface area contributed by atoms with Crippen LogP contribution in [0.4, 0.5) is 0 Å². The predicted octanol–water partition coefficient (Wildman–Crippen LogP) is 8.98. The summed E-state index contributed by atoms with van der Waals surface area (Å²) in [6.07, 6.45) is 23.1. The van der Waals surface area contributed by atoms with E-state index >= 15 is 0 Å². The lowest BCUT2D eigenvalue weighted by atomic mass is 10.0. The lowest BCUT2D eigenvalue weighted by Gasteiger charge is -2.43. The molecule has 1 N–H and O–H groups in total. The van der Waals surface area contributed by atoms with Crippen LogP contribution in [0.2, 0.25) is 5.04 Å². The average Bonchev–Trinajstić information content (AvgIpc) is 2.98. The third-order valence-corrected chi connectivity index (χ3v) is 13.2. The SMILES string of the molecule is CCCCCCCCCCCCCCC/C=C/CO[C@H](CO)CO[Si](c1ccccc1)(c1ccccc1)C(C)(C)C. The van der Waals surface area contributed by atoms with Crippen LogP contribution in [0.15, 0.2) is 72.8 Å². The second-order valence-corrected chi connectivity index (χ2v) is 16.9. The van der Waals surface area contributed by atoms with Gasteiger partial charge in [-0.2, -0.15) is 0 Å². The second-order valence-electron chi connectivity index (χ2n) is 12.6. The van der Waals surface area contributed by atoms with E-state index in [0.29, 0.717) is 13.2 Å². The first-order valence-electron chi connectivity index (χ1n) is 16.6. The third kappa shape index (κ3) is 13.0. The molecule has 0 bridgehead atoms. The van der Waals surface area contributed by atoms with Gasteiger partial charge in [-0.15, -0.1) is 0 Å². The van der Waals surface area contributed by atoms with Gasteiger partial charge in [-0.3, -0.25) is 0 Å². The van der Waals surface area contributed by atoms with Gasteiger partial charge >= 0.3 is 0 Å². The van der Waals surface area contributed by atoms with Crippen LogP contribution in [0.5, 0.6) is 0 Å². The molecule has 1 atom stereocenters. The molecule has 230 valence electrons. The Morgan fingerprint density at radius 2 is 1.15 bits per heavy atom. The number of benzene rings is 2. The Morgan fingerprint density at radius 1 is 0.683 bits per heavy atom. The maximum atomic E-state index is 10.1. The predicted molar refractivity (Wildman–Crippen MR) is 180 cm³/mol. The first kappa shape index (κ1) is 35.5. The number of aliphatic hydroxyl groups excluding tert-OH is 1. The van der Waals surface area contributed by atoms with Crippen LogP contribution in [-0.2, 0) is 9.16 Å². The molecule has 0 spiro atoms. The molecule has 2 rings (SSSR count). The van der Waals surface area contributed by atoms with Crippen molar-refractivity contribution in [3.63, 3.8) is 0 Å². The zero-order chi connectivity index (χ0) is 29.7. The summed E-state index contributed by atoms with van der Waals surface area (Å²) in [5, 5.41) is 12.5. The standard InChI is InChI=1S/C37H60O3Si/c1-5-6-7-8-9-10-11-12-13-14-15-16-17-18-19-26-31-39-34(32-38)33-40-41(37(2,3)4,35-27-22-20-23-28-35)36-29-24-21-25-30-36/h19-30,34,38H,5-18,31-33H2,1-4H3/b26-19+/t34-/m1/s1. The Bertz CT molecular complexity index is 867. The minimum absolute atomic E-state index is 0.0507. The van der Waals surface area contributed by atoms with Crippen LogP contribution in [-0.4, -0.2) is 39.3 Å². The van der Waals surface area contributed by atoms with Gasteiger partial charge in [-0.05, 0) is 28.3 Å². The number of hydrogen-bond acceptors (Lipinski definition) is 3. The molecule has 0 saturated carbocycles. The molecule has 2 aromatic rings. The van der Waals surface area contributed by atoms with E-state index in [4.69, 9.17) is 9.16 Å². The third-order valence-electron chi connectivity index (χ3n) is 8.18. The molecule has 0 saturated heterocycles. The normalized spacial score (nSPS) is 13.2. The molecule has 0 unspecified atom stereocenters. The quantitative estimate of drug-likeness (QED) is 0.0810. The van der Waals surface area contributed by atoms with Crippen LogP contribution in [0.1, 0.15) is 118 Å². The van der Waals surface area contributed by atoms with Gasteiger partial charge in [0.25, 0.3) is 8.32 Å². The summed E-state index contributed by atoms with van der Waals surface area (Å²) in [5.41, 5.74) is 0. The van der Waals surface area contributed by atoms with E-state index in [1.807, 2.05) is 0 Å². The van der Waals surface area contributed by atoms with Crippen molar-refractivity contribution in [1.29, 1.82) is 0 Å². The average molecular weight is 581 g/mol. The van der Waals surface area contributed by atoms with Gasteiger partial charge in [0.15, 0.2) is 0 Å². The van der Waals surface area contributed by atoms with E-state index in [2.05, 4.69) is 101 Å². The van der Waals surface area contributed by atoms with Crippen molar-refractivity contribution in [3.8, 4) is 0 Å². The molecule has 0 aliphatic carbocycles. The Balaban J connectivity index is 1.70. The Hall–Kier alpha value is -1.72. The number of hydrogen-bond donors (Lipinski definition) is 1. The fourth-order valence-electron chi connectivity index (χ4n) is 5.79. The molecular weight excluding hydrogens is 520 g/mol. The van der Waals surface area contributed by atoms with Gasteiger partial charge < -0.3 is 14.3 Å². The number of unbranched alkanes of at least 4 members (excludes halogenated alkanes) is 13. The first-order valence-corrected chi connectivity index (χ1v) is 18.5. The summed E-state index contributed by atoms with van der Waals surface area (Å²) in [5.74, 6) is 0. The van der Waals surface area contributed by atoms with Crippen molar-refractivity contribution >= 4 is 18.7 Å². The van der Waals surface area contributed by atoms with Gasteiger partial charge in [0.2, 0.25) is 0 Å². The fraction of sp³-hybridized carbons (Fsp3) is 0.622. The van der Waals surface area contributed by atoms with Gasteiger partial charge in [0.05, 0.1) is 19.8 Å². The highest BCUT2D eigenvalue weighted by Crippen LogP contribution is 2.36.